The van der Waals surface area contributed by atoms with E-state index in [0.29, 0.717) is 35.2 Å². The largest absolute Gasteiger partial charge is 0.493 e. The van der Waals surface area contributed by atoms with Crippen LogP contribution in [0.2, 0.25) is 0 Å². The quantitative estimate of drug-likeness (QED) is 0.328. The summed E-state index contributed by atoms with van der Waals surface area (Å²) in [5.41, 5.74) is -1.23. The van der Waals surface area contributed by atoms with Crippen LogP contribution < -0.4 is 24.8 Å². The summed E-state index contributed by atoms with van der Waals surface area (Å²) in [5, 5.41) is 5.09. The van der Waals surface area contributed by atoms with Crippen LogP contribution in [0.5, 0.6) is 11.6 Å². The van der Waals surface area contributed by atoms with Gasteiger partial charge in [-0.1, -0.05) is 58.0 Å². The minimum Gasteiger partial charge on any atom is -0.493 e. The Bertz CT molecular complexity index is 2160. The van der Waals surface area contributed by atoms with E-state index in [2.05, 4.69) is 10.6 Å². The zero-order valence-electron chi connectivity index (χ0n) is 31.4. The molecule has 0 radical (unpaired) electrons. The number of carbonyl (C=O) groups excluding carboxylic acids is 4. The molecule has 1 aromatic heterocycles. The van der Waals surface area contributed by atoms with Crippen LogP contribution in [0.25, 0.3) is 22.0 Å². The maximum Gasteiger partial charge on any atom is 0.407 e. The predicted octanol–water partition coefficient (Wildman–Crippen LogP) is 4.17. The summed E-state index contributed by atoms with van der Waals surface area (Å²) in [4.78, 5) is 61.5. The molecule has 4 amide bonds. The summed E-state index contributed by atoms with van der Waals surface area (Å²) < 4.78 is 73.7. The van der Waals surface area contributed by atoms with Crippen LogP contribution in [-0.4, -0.2) is 97.3 Å². The van der Waals surface area contributed by atoms with Gasteiger partial charge in [0.1, 0.15) is 29.5 Å². The number of pyridine rings is 1. The van der Waals surface area contributed by atoms with Crippen molar-refractivity contribution in [2.45, 2.75) is 88.8 Å². The minimum absolute atomic E-state index is 0.0358. The number of rotatable bonds is 6. The molecule has 2 unspecified atom stereocenters. The van der Waals surface area contributed by atoms with Gasteiger partial charge in [-0.15, -0.1) is 0 Å². The Morgan fingerprint density at radius 2 is 1.77 bits per heavy atom. The Kier molecular flexibility index (Phi) is 10.3. The van der Waals surface area contributed by atoms with E-state index < -0.39 is 87.0 Å². The molecule has 1 saturated heterocycles. The number of alkyl halides is 2. The van der Waals surface area contributed by atoms with Gasteiger partial charge in [-0.2, -0.15) is 0 Å². The molecule has 2 saturated carbocycles. The number of hydrogen-bond acceptors (Lipinski definition) is 10. The molecular formula is C39H45F2N5O9S. The smallest absolute Gasteiger partial charge is 0.407 e. The number of hydrogen-bond donors (Lipinski definition) is 3. The monoisotopic (exact) mass is 797 g/mol. The normalized spacial score (nSPS) is 27.1. The summed E-state index contributed by atoms with van der Waals surface area (Å²) in [6, 6.07) is 14.0. The van der Waals surface area contributed by atoms with E-state index in [9.17, 15) is 36.4 Å². The van der Waals surface area contributed by atoms with E-state index in [1.54, 1.807) is 26.8 Å². The van der Waals surface area contributed by atoms with Crippen LogP contribution >= 0.6 is 0 Å². The lowest BCUT2D eigenvalue weighted by Crippen LogP contribution is -2.60. The van der Waals surface area contributed by atoms with Crippen LogP contribution in [0.1, 0.15) is 53.4 Å². The minimum atomic E-state index is -4.14. The second kappa shape index (κ2) is 14.8. The van der Waals surface area contributed by atoms with Gasteiger partial charge in [-0.3, -0.25) is 19.1 Å². The van der Waals surface area contributed by atoms with E-state index in [4.69, 9.17) is 19.2 Å². The number of sulfonamides is 1. The third kappa shape index (κ3) is 8.09. The maximum absolute atomic E-state index is 14.6. The molecule has 4 bridgehead atoms. The molecule has 7 rings (SSSR count). The van der Waals surface area contributed by atoms with Gasteiger partial charge in [-0.05, 0) is 54.5 Å². The molecule has 17 heteroatoms. The lowest BCUT2D eigenvalue weighted by molar-refractivity contribution is -0.143. The Morgan fingerprint density at radius 1 is 1.04 bits per heavy atom. The SMILES string of the molecule is C[C@H]1COC(=O)N[C@@H](C(C)(C)C)C(=O)N2CC(C[C@H]2C(=O)NC2(C(=O)NS(=O)(=O)C3CC3)C[C@H]2C(F)F)Oc2nc3ccccc3cc2-c2cccc(c2)OC1. The number of alkyl carbamates (subject to hydrolysis) is 1. The number of benzene rings is 2. The van der Waals surface area contributed by atoms with Crippen molar-refractivity contribution in [1.82, 2.24) is 25.2 Å². The predicted molar refractivity (Wildman–Crippen MR) is 199 cm³/mol. The van der Waals surface area contributed by atoms with E-state index in [1.807, 2.05) is 60.2 Å². The molecule has 3 aromatic rings. The number of nitrogens with zero attached hydrogens (tertiary/aromatic N) is 2. The first-order chi connectivity index (χ1) is 26.4. The maximum atomic E-state index is 14.6. The van der Waals surface area contributed by atoms with E-state index >= 15 is 0 Å². The van der Waals surface area contributed by atoms with Crippen molar-refractivity contribution in [3.8, 4) is 22.8 Å². The fourth-order valence-corrected chi connectivity index (χ4v) is 8.56. The number of aromatic nitrogens is 1. The number of cyclic esters (lactones) is 1. The van der Waals surface area contributed by atoms with Gasteiger partial charge < -0.3 is 29.7 Å². The highest BCUT2D eigenvalue weighted by Gasteiger charge is 2.67. The second-order valence-electron chi connectivity index (χ2n) is 16.3. The third-order valence-corrected chi connectivity index (χ3v) is 12.5. The van der Waals surface area contributed by atoms with Crippen LogP contribution in [0.3, 0.4) is 0 Å². The van der Waals surface area contributed by atoms with Crippen LogP contribution in [0.4, 0.5) is 13.6 Å². The fourth-order valence-electron chi connectivity index (χ4n) is 7.20. The number of amides is 4. The van der Waals surface area contributed by atoms with Crippen LogP contribution in [0, 0.1) is 17.3 Å². The van der Waals surface area contributed by atoms with Gasteiger partial charge in [0.2, 0.25) is 34.1 Å². The summed E-state index contributed by atoms with van der Waals surface area (Å²) in [6.07, 6.45) is -4.84. The molecule has 2 aliphatic heterocycles. The molecule has 14 nitrogen and oxygen atoms in total. The lowest BCUT2D eigenvalue weighted by atomic mass is 9.85. The van der Waals surface area contributed by atoms with Crippen molar-refractivity contribution in [2.24, 2.45) is 17.3 Å². The average Bonchev–Trinajstić information content (AvgIpc) is 4.08. The lowest BCUT2D eigenvalue weighted by Gasteiger charge is -2.35. The number of ether oxygens (including phenoxy) is 3. The Balaban J connectivity index is 1.27. The zero-order valence-corrected chi connectivity index (χ0v) is 32.2. The molecule has 0 spiro atoms. The molecule has 3 N–H and O–H groups in total. The first kappa shape index (κ1) is 39.2. The molecule has 300 valence electrons. The number of nitrogens with one attached hydrogen (secondary N) is 3. The zero-order chi connectivity index (χ0) is 40.2. The van der Waals surface area contributed by atoms with Gasteiger partial charge >= 0.3 is 6.09 Å². The van der Waals surface area contributed by atoms with E-state index in [-0.39, 0.29) is 38.0 Å². The summed E-state index contributed by atoms with van der Waals surface area (Å²) in [7, 11) is -4.14. The average molecular weight is 798 g/mol. The van der Waals surface area contributed by atoms with Crippen molar-refractivity contribution >= 4 is 44.7 Å². The molecular weight excluding hydrogens is 753 g/mol. The summed E-state index contributed by atoms with van der Waals surface area (Å²) >= 11 is 0. The van der Waals surface area contributed by atoms with Crippen molar-refractivity contribution in [3.63, 3.8) is 0 Å². The molecule has 56 heavy (non-hydrogen) atoms. The summed E-state index contributed by atoms with van der Waals surface area (Å²) in [5.74, 6) is -4.07. The highest BCUT2D eigenvalue weighted by atomic mass is 32.2. The molecule has 3 fully saturated rings. The van der Waals surface area contributed by atoms with Crippen molar-refractivity contribution in [3.05, 3.63) is 54.6 Å². The molecule has 3 heterocycles. The third-order valence-electron chi connectivity index (χ3n) is 10.6. The molecule has 4 aliphatic rings. The topological polar surface area (TPSA) is 182 Å². The van der Waals surface area contributed by atoms with Crippen molar-refractivity contribution < 1.29 is 50.6 Å². The fraction of sp³-hybridized carbons (Fsp3) is 0.513. The van der Waals surface area contributed by atoms with E-state index in [0.717, 1.165) is 5.39 Å². The van der Waals surface area contributed by atoms with Gasteiger partial charge in [0, 0.05) is 23.3 Å². The van der Waals surface area contributed by atoms with Crippen LogP contribution in [0.15, 0.2) is 54.6 Å². The van der Waals surface area contributed by atoms with E-state index in [1.165, 1.54) is 4.90 Å². The standard InChI is InChI=1S/C39H45F2N5O9S/c1-21-19-53-24-10-7-9-22(14-24)27-15-23-8-5-6-11-29(23)42-34(27)55-25-16-30(46(18-25)35(48)31(38(2,3)4)43-37(50)54-20-21)33(47)44-39(17-28(39)32(40)41)36(49)45-56(51,52)26-12-13-26/h5-11,14-15,21,25-26,28,30-32H,12-13,16-20H2,1-4H3,(H,43,50)(H,44,47)(H,45,49)/t21-,25?,28+,30+,31-,39?/m1/s1. The second-order valence-corrected chi connectivity index (χ2v) is 18.2. The Hall–Kier alpha value is -5.06. The van der Waals surface area contributed by atoms with Crippen molar-refractivity contribution in [2.75, 3.05) is 19.8 Å². The van der Waals surface area contributed by atoms with Gasteiger partial charge in [-0.25, -0.2) is 27.0 Å². The summed E-state index contributed by atoms with van der Waals surface area (Å²) in [6.45, 7) is 6.96. The Morgan fingerprint density at radius 3 is 2.46 bits per heavy atom. The molecule has 2 aliphatic carbocycles. The molecule has 2 aromatic carbocycles. The van der Waals surface area contributed by atoms with Gasteiger partial charge in [0.15, 0.2) is 0 Å². The van der Waals surface area contributed by atoms with Crippen molar-refractivity contribution in [1.29, 1.82) is 0 Å². The van der Waals surface area contributed by atoms with Gasteiger partial charge in [0.25, 0.3) is 5.91 Å². The van der Waals surface area contributed by atoms with Crippen LogP contribution in [-0.2, 0) is 29.1 Å². The molecule has 6 atom stereocenters. The van der Waals surface area contributed by atoms with Gasteiger partial charge in [0.05, 0.1) is 36.4 Å². The highest BCUT2D eigenvalue weighted by molar-refractivity contribution is 7.91. The number of fused-ring (bicyclic) bond motifs is 7. The first-order valence-corrected chi connectivity index (χ1v) is 20.2. The Labute approximate surface area is 323 Å². The highest BCUT2D eigenvalue weighted by Crippen LogP contribution is 2.48. The first-order valence-electron chi connectivity index (χ1n) is 18.6. The number of halogens is 2. The number of para-hydroxylation sites is 1. The number of carbonyl (C=O) groups is 4.